The molecule has 0 fully saturated rings. The van der Waals surface area contributed by atoms with E-state index in [0.717, 1.165) is 0 Å². The number of carbonyl (C=O) groups is 1. The van der Waals surface area contributed by atoms with Crippen LogP contribution in [-0.4, -0.2) is 30.0 Å². The minimum atomic E-state index is -3.33. The van der Waals surface area contributed by atoms with Gasteiger partial charge in [0.2, 0.25) is 0 Å². The van der Waals surface area contributed by atoms with E-state index in [1.165, 1.54) is 6.20 Å². The highest BCUT2D eigenvalue weighted by atomic mass is 32.2. The Bertz CT molecular complexity index is 776. The van der Waals surface area contributed by atoms with Crippen LogP contribution in [0.3, 0.4) is 0 Å². The largest absolute Gasteiger partial charge is 0.345 e. The number of hydrogen-bond acceptors (Lipinski definition) is 5. The highest BCUT2D eigenvalue weighted by Crippen LogP contribution is 2.20. The lowest BCUT2D eigenvalue weighted by Crippen LogP contribution is -2.28. The topological polar surface area (TPSA) is 89.0 Å². The van der Waals surface area contributed by atoms with Crippen molar-refractivity contribution in [2.75, 3.05) is 5.75 Å². The fourth-order valence-corrected chi connectivity index (χ4v) is 3.00. The Labute approximate surface area is 135 Å². The van der Waals surface area contributed by atoms with Crippen molar-refractivity contribution < 1.29 is 13.2 Å². The average molecular weight is 333 g/mol. The summed E-state index contributed by atoms with van der Waals surface area (Å²) in [5.41, 5.74) is 1.17. The predicted octanol–water partition coefficient (Wildman–Crippen LogP) is 2.15. The molecule has 0 bridgehead atoms. The maximum atomic E-state index is 12.2. The number of aromatic nitrogens is 2. The highest BCUT2D eigenvalue weighted by molar-refractivity contribution is 7.91. The zero-order chi connectivity index (χ0) is 16.9. The van der Waals surface area contributed by atoms with Gasteiger partial charge in [-0.25, -0.2) is 8.42 Å². The van der Waals surface area contributed by atoms with E-state index in [1.54, 1.807) is 43.7 Å². The molecule has 1 amide bonds. The van der Waals surface area contributed by atoms with Crippen LogP contribution in [0.1, 0.15) is 42.2 Å². The van der Waals surface area contributed by atoms with Crippen LogP contribution in [0, 0.1) is 0 Å². The van der Waals surface area contributed by atoms with Crippen molar-refractivity contribution in [1.82, 2.24) is 15.3 Å². The van der Waals surface area contributed by atoms with Crippen molar-refractivity contribution in [3.8, 4) is 0 Å². The number of nitrogens with zero attached hydrogens (tertiary/aromatic N) is 2. The Kier molecular flexibility index (Phi) is 5.44. The quantitative estimate of drug-likeness (QED) is 0.875. The second kappa shape index (κ2) is 7.32. The third-order valence-corrected chi connectivity index (χ3v) is 5.23. The van der Waals surface area contributed by atoms with Crippen LogP contribution in [0.15, 0.2) is 47.9 Å². The van der Waals surface area contributed by atoms with Crippen LogP contribution < -0.4 is 5.32 Å². The molecule has 0 radical (unpaired) electrons. The van der Waals surface area contributed by atoms with Crippen LogP contribution >= 0.6 is 0 Å². The van der Waals surface area contributed by atoms with Crippen LogP contribution in [0.4, 0.5) is 0 Å². The van der Waals surface area contributed by atoms with E-state index in [9.17, 15) is 13.2 Å². The molecule has 2 aromatic rings. The first-order chi connectivity index (χ1) is 11.0. The molecule has 1 N–H and O–H groups in total. The molecule has 0 aliphatic carbocycles. The summed E-state index contributed by atoms with van der Waals surface area (Å²) in [6.07, 6.45) is 6.63. The van der Waals surface area contributed by atoms with Crippen molar-refractivity contribution >= 4 is 15.7 Å². The van der Waals surface area contributed by atoms with Crippen molar-refractivity contribution in [3.05, 3.63) is 54.1 Å². The third-order valence-electron chi connectivity index (χ3n) is 3.53. The smallest absolute Gasteiger partial charge is 0.251 e. The fraction of sp³-hybridized carbons (Fsp3) is 0.312. The first-order valence-corrected chi connectivity index (χ1v) is 9.01. The molecule has 2 aromatic heterocycles. The Morgan fingerprint density at radius 2 is 1.87 bits per heavy atom. The molecule has 0 aliphatic rings. The molecule has 0 saturated carbocycles. The molecule has 0 saturated heterocycles. The van der Waals surface area contributed by atoms with Crippen LogP contribution in [0.2, 0.25) is 0 Å². The predicted molar refractivity (Wildman–Crippen MR) is 86.7 cm³/mol. The number of amides is 1. The van der Waals surface area contributed by atoms with Gasteiger partial charge < -0.3 is 5.32 Å². The molecule has 23 heavy (non-hydrogen) atoms. The monoisotopic (exact) mass is 333 g/mol. The molecule has 2 rings (SSSR count). The van der Waals surface area contributed by atoms with Crippen LogP contribution in [0.5, 0.6) is 0 Å². The molecule has 0 aliphatic heterocycles. The number of hydrogen-bond donors (Lipinski definition) is 1. The standard InChI is InChI=1S/C16H19N3O3S/c1-3-15(19-16(20)12-5-7-17-8-6-12)13-9-14(11-18-10-13)23(21,22)4-2/h5-11,15H,3-4H2,1-2H3,(H,19,20)/t15-/m0/s1. The second-order valence-corrected chi connectivity index (χ2v) is 7.31. The molecule has 122 valence electrons. The summed E-state index contributed by atoms with van der Waals surface area (Å²) in [7, 11) is -3.33. The van der Waals surface area contributed by atoms with Crippen molar-refractivity contribution in [1.29, 1.82) is 0 Å². The molecule has 7 heteroatoms. The number of nitrogens with one attached hydrogen (secondary N) is 1. The zero-order valence-electron chi connectivity index (χ0n) is 13.1. The second-order valence-electron chi connectivity index (χ2n) is 5.03. The summed E-state index contributed by atoms with van der Waals surface area (Å²) < 4.78 is 23.9. The van der Waals surface area contributed by atoms with E-state index in [2.05, 4.69) is 15.3 Å². The van der Waals surface area contributed by atoms with Crippen molar-refractivity contribution in [2.24, 2.45) is 0 Å². The van der Waals surface area contributed by atoms with Crippen LogP contribution in [-0.2, 0) is 9.84 Å². The van der Waals surface area contributed by atoms with Gasteiger partial charge >= 0.3 is 0 Å². The SMILES string of the molecule is CC[C@H](NC(=O)c1ccncc1)c1cncc(S(=O)(=O)CC)c1. The number of rotatable bonds is 6. The molecular formula is C16H19N3O3S. The maximum absolute atomic E-state index is 12.2. The molecular weight excluding hydrogens is 314 g/mol. The third kappa shape index (κ3) is 4.13. The van der Waals surface area contributed by atoms with Gasteiger partial charge in [0, 0.05) is 30.4 Å². The fourth-order valence-electron chi connectivity index (χ4n) is 2.13. The zero-order valence-corrected chi connectivity index (χ0v) is 13.9. The molecule has 0 unspecified atom stereocenters. The normalized spacial score (nSPS) is 12.6. The van der Waals surface area contributed by atoms with Gasteiger partial charge in [-0.2, -0.15) is 0 Å². The maximum Gasteiger partial charge on any atom is 0.251 e. The number of pyridine rings is 2. The van der Waals surface area contributed by atoms with E-state index in [-0.39, 0.29) is 22.6 Å². The lowest BCUT2D eigenvalue weighted by molar-refractivity contribution is 0.0935. The first kappa shape index (κ1) is 17.1. The lowest BCUT2D eigenvalue weighted by atomic mass is 10.1. The summed E-state index contributed by atoms with van der Waals surface area (Å²) in [6, 6.07) is 4.51. The van der Waals surface area contributed by atoms with E-state index in [0.29, 0.717) is 17.5 Å². The highest BCUT2D eigenvalue weighted by Gasteiger charge is 2.18. The minimum Gasteiger partial charge on any atom is -0.345 e. The van der Waals surface area contributed by atoms with Gasteiger partial charge in [-0.05, 0) is 30.2 Å². The summed E-state index contributed by atoms with van der Waals surface area (Å²) in [5.74, 6) is -0.221. The van der Waals surface area contributed by atoms with Gasteiger partial charge in [-0.3, -0.25) is 14.8 Å². The average Bonchev–Trinajstić information content (AvgIpc) is 2.60. The summed E-state index contributed by atoms with van der Waals surface area (Å²) >= 11 is 0. The number of sulfone groups is 1. The van der Waals surface area contributed by atoms with E-state index in [4.69, 9.17) is 0 Å². The molecule has 0 spiro atoms. The summed E-state index contributed by atoms with van der Waals surface area (Å²) in [5, 5.41) is 2.89. The van der Waals surface area contributed by atoms with Crippen LogP contribution in [0.25, 0.3) is 0 Å². The lowest BCUT2D eigenvalue weighted by Gasteiger charge is -2.18. The van der Waals surface area contributed by atoms with Gasteiger partial charge in [0.05, 0.1) is 16.7 Å². The van der Waals surface area contributed by atoms with E-state index < -0.39 is 9.84 Å². The number of carbonyl (C=O) groups excluding carboxylic acids is 1. The van der Waals surface area contributed by atoms with Crippen molar-refractivity contribution in [3.63, 3.8) is 0 Å². The molecule has 2 heterocycles. The van der Waals surface area contributed by atoms with E-state index in [1.807, 2.05) is 6.92 Å². The van der Waals surface area contributed by atoms with Gasteiger partial charge in [0.1, 0.15) is 0 Å². The van der Waals surface area contributed by atoms with E-state index >= 15 is 0 Å². The first-order valence-electron chi connectivity index (χ1n) is 7.36. The van der Waals surface area contributed by atoms with Gasteiger partial charge in [-0.15, -0.1) is 0 Å². The van der Waals surface area contributed by atoms with Gasteiger partial charge in [0.25, 0.3) is 5.91 Å². The Balaban J connectivity index is 2.25. The molecule has 0 aromatic carbocycles. The Morgan fingerprint density at radius 1 is 1.17 bits per heavy atom. The summed E-state index contributed by atoms with van der Waals surface area (Å²) in [6.45, 7) is 3.50. The molecule has 6 nitrogen and oxygen atoms in total. The van der Waals surface area contributed by atoms with Gasteiger partial charge in [0.15, 0.2) is 9.84 Å². The molecule has 1 atom stereocenters. The Morgan fingerprint density at radius 3 is 2.48 bits per heavy atom. The summed E-state index contributed by atoms with van der Waals surface area (Å²) in [4.78, 5) is 20.3. The van der Waals surface area contributed by atoms with Gasteiger partial charge in [-0.1, -0.05) is 13.8 Å². The van der Waals surface area contributed by atoms with Crippen molar-refractivity contribution in [2.45, 2.75) is 31.2 Å². The Hall–Kier alpha value is -2.28. The minimum absolute atomic E-state index is 0.0122.